The first-order valence-electron chi connectivity index (χ1n) is 6.97. The molecule has 1 rings (SSSR count). The van der Waals surface area contributed by atoms with E-state index in [0.29, 0.717) is 12.0 Å². The van der Waals surface area contributed by atoms with Crippen molar-refractivity contribution in [2.24, 2.45) is 5.92 Å². The summed E-state index contributed by atoms with van der Waals surface area (Å²) < 4.78 is 5.63. The predicted molar refractivity (Wildman–Crippen MR) is 75.2 cm³/mol. The van der Waals surface area contributed by atoms with Gasteiger partial charge in [0.2, 0.25) is 0 Å². The van der Waals surface area contributed by atoms with Crippen LogP contribution in [0.1, 0.15) is 59.3 Å². The van der Waals surface area contributed by atoms with E-state index in [9.17, 15) is 0 Å². The van der Waals surface area contributed by atoms with Crippen molar-refractivity contribution in [1.82, 2.24) is 0 Å². The quantitative estimate of drug-likeness (QED) is 0.589. The normalized spacial score (nSPS) is 31.8. The van der Waals surface area contributed by atoms with E-state index in [0.717, 1.165) is 0 Å². The summed E-state index contributed by atoms with van der Waals surface area (Å²) in [6.45, 7) is 6.83. The minimum Gasteiger partial charge on any atom is -0.381 e. The molecule has 0 aromatic heterocycles. The standard InChI is InChI=1S/C16H28O/c1-13-7-5-8-14(2)11-12-16(17-4)15(3)10-6-9-13/h8-9,15-16H,5-7,10-12H2,1-4H3/b13-9?,14-8+. The van der Waals surface area contributed by atoms with Crippen molar-refractivity contribution in [3.63, 3.8) is 0 Å². The molecule has 0 aromatic carbocycles. The molecule has 0 saturated heterocycles. The van der Waals surface area contributed by atoms with Gasteiger partial charge in [-0.2, -0.15) is 0 Å². The lowest BCUT2D eigenvalue weighted by molar-refractivity contribution is 0.0492. The second kappa shape index (κ2) is 7.71. The Morgan fingerprint density at radius 1 is 1.00 bits per heavy atom. The van der Waals surface area contributed by atoms with Gasteiger partial charge in [-0.1, -0.05) is 30.2 Å². The van der Waals surface area contributed by atoms with Gasteiger partial charge >= 0.3 is 0 Å². The third kappa shape index (κ3) is 5.54. The topological polar surface area (TPSA) is 9.23 Å². The van der Waals surface area contributed by atoms with Crippen LogP contribution >= 0.6 is 0 Å². The molecule has 2 unspecified atom stereocenters. The van der Waals surface area contributed by atoms with Crippen molar-refractivity contribution in [2.75, 3.05) is 7.11 Å². The SMILES string of the molecule is COC1CC/C(C)=C/CCC(C)=CCCC1C. The number of allylic oxidation sites excluding steroid dienone is 4. The Kier molecular flexibility index (Phi) is 6.57. The third-order valence-corrected chi connectivity index (χ3v) is 3.91. The van der Waals surface area contributed by atoms with Crippen LogP contribution in [0.2, 0.25) is 0 Å². The maximum absolute atomic E-state index is 5.63. The molecule has 0 bridgehead atoms. The van der Waals surface area contributed by atoms with Crippen molar-refractivity contribution in [3.8, 4) is 0 Å². The summed E-state index contributed by atoms with van der Waals surface area (Å²) in [5.41, 5.74) is 3.06. The lowest BCUT2D eigenvalue weighted by Gasteiger charge is -2.23. The molecule has 0 spiro atoms. The molecule has 0 N–H and O–H groups in total. The second-order valence-corrected chi connectivity index (χ2v) is 5.51. The van der Waals surface area contributed by atoms with Crippen LogP contribution < -0.4 is 0 Å². The zero-order valence-corrected chi connectivity index (χ0v) is 12.0. The highest BCUT2D eigenvalue weighted by molar-refractivity contribution is 5.04. The van der Waals surface area contributed by atoms with E-state index >= 15 is 0 Å². The summed E-state index contributed by atoms with van der Waals surface area (Å²) in [4.78, 5) is 0. The molecule has 0 amide bonds. The first-order chi connectivity index (χ1) is 8.13. The molecular formula is C16H28O. The fourth-order valence-electron chi connectivity index (χ4n) is 2.53. The van der Waals surface area contributed by atoms with Crippen molar-refractivity contribution in [3.05, 3.63) is 23.3 Å². The van der Waals surface area contributed by atoms with Crippen molar-refractivity contribution in [1.29, 1.82) is 0 Å². The van der Waals surface area contributed by atoms with Crippen LogP contribution in [0.3, 0.4) is 0 Å². The Labute approximate surface area is 107 Å². The highest BCUT2D eigenvalue weighted by Gasteiger charge is 2.16. The summed E-state index contributed by atoms with van der Waals surface area (Å²) in [5, 5.41) is 0. The van der Waals surface area contributed by atoms with E-state index in [4.69, 9.17) is 4.74 Å². The molecule has 1 aliphatic rings. The van der Waals surface area contributed by atoms with E-state index in [1.807, 2.05) is 7.11 Å². The Morgan fingerprint density at radius 2 is 1.65 bits per heavy atom. The largest absolute Gasteiger partial charge is 0.381 e. The van der Waals surface area contributed by atoms with Gasteiger partial charge in [-0.3, -0.25) is 0 Å². The second-order valence-electron chi connectivity index (χ2n) is 5.51. The molecule has 98 valence electrons. The van der Waals surface area contributed by atoms with E-state index in [-0.39, 0.29) is 0 Å². The van der Waals surface area contributed by atoms with Crippen LogP contribution in [-0.4, -0.2) is 13.2 Å². The molecule has 1 heteroatoms. The fraction of sp³-hybridized carbons (Fsp3) is 0.750. The van der Waals surface area contributed by atoms with Crippen LogP contribution in [-0.2, 0) is 4.74 Å². The molecule has 1 aliphatic carbocycles. The predicted octanol–water partition coefficient (Wildman–Crippen LogP) is 4.88. The maximum Gasteiger partial charge on any atom is 0.0600 e. The summed E-state index contributed by atoms with van der Waals surface area (Å²) >= 11 is 0. The molecular weight excluding hydrogens is 208 g/mol. The molecule has 0 aliphatic heterocycles. The zero-order chi connectivity index (χ0) is 12.7. The first-order valence-corrected chi connectivity index (χ1v) is 6.97. The van der Waals surface area contributed by atoms with Crippen molar-refractivity contribution in [2.45, 2.75) is 65.4 Å². The Morgan fingerprint density at radius 3 is 2.35 bits per heavy atom. The molecule has 0 aromatic rings. The van der Waals surface area contributed by atoms with Crippen molar-refractivity contribution < 1.29 is 4.74 Å². The van der Waals surface area contributed by atoms with Gasteiger partial charge in [-0.15, -0.1) is 0 Å². The Balaban J connectivity index is 2.65. The molecule has 0 fully saturated rings. The van der Waals surface area contributed by atoms with E-state index < -0.39 is 0 Å². The van der Waals surface area contributed by atoms with Crippen LogP contribution in [0.5, 0.6) is 0 Å². The van der Waals surface area contributed by atoms with E-state index in [2.05, 4.69) is 32.9 Å². The van der Waals surface area contributed by atoms with Gasteiger partial charge in [0, 0.05) is 7.11 Å². The van der Waals surface area contributed by atoms with Gasteiger partial charge in [-0.05, 0) is 58.3 Å². The van der Waals surface area contributed by atoms with Crippen LogP contribution in [0.15, 0.2) is 23.3 Å². The molecule has 0 heterocycles. The van der Waals surface area contributed by atoms with Crippen LogP contribution in [0, 0.1) is 5.92 Å². The minimum atomic E-state index is 0.423. The average Bonchev–Trinajstić information content (AvgIpc) is 2.28. The summed E-state index contributed by atoms with van der Waals surface area (Å²) in [6.07, 6.45) is 12.5. The Hall–Kier alpha value is -0.560. The van der Waals surface area contributed by atoms with Crippen molar-refractivity contribution >= 4 is 0 Å². The third-order valence-electron chi connectivity index (χ3n) is 3.91. The molecule has 0 saturated carbocycles. The minimum absolute atomic E-state index is 0.423. The maximum atomic E-state index is 5.63. The highest BCUT2D eigenvalue weighted by Crippen LogP contribution is 2.22. The smallest absolute Gasteiger partial charge is 0.0600 e. The van der Waals surface area contributed by atoms with Gasteiger partial charge < -0.3 is 4.74 Å². The molecule has 2 atom stereocenters. The van der Waals surface area contributed by atoms with Gasteiger partial charge in [-0.25, -0.2) is 0 Å². The number of hydrogen-bond acceptors (Lipinski definition) is 1. The van der Waals surface area contributed by atoms with Gasteiger partial charge in [0.25, 0.3) is 0 Å². The number of hydrogen-bond donors (Lipinski definition) is 0. The average molecular weight is 236 g/mol. The van der Waals surface area contributed by atoms with Crippen LogP contribution in [0.4, 0.5) is 0 Å². The van der Waals surface area contributed by atoms with Gasteiger partial charge in [0.1, 0.15) is 0 Å². The van der Waals surface area contributed by atoms with Crippen LogP contribution in [0.25, 0.3) is 0 Å². The monoisotopic (exact) mass is 236 g/mol. The number of ether oxygens (including phenoxy) is 1. The molecule has 1 nitrogen and oxygen atoms in total. The summed E-state index contributed by atoms with van der Waals surface area (Å²) in [6, 6.07) is 0. The summed E-state index contributed by atoms with van der Waals surface area (Å²) in [5.74, 6) is 0.663. The van der Waals surface area contributed by atoms with Gasteiger partial charge in [0.05, 0.1) is 6.10 Å². The van der Waals surface area contributed by atoms with E-state index in [1.165, 1.54) is 49.7 Å². The first kappa shape index (κ1) is 14.5. The zero-order valence-electron chi connectivity index (χ0n) is 12.0. The lowest BCUT2D eigenvalue weighted by Crippen LogP contribution is -2.20. The fourth-order valence-corrected chi connectivity index (χ4v) is 2.53. The number of rotatable bonds is 1. The lowest BCUT2D eigenvalue weighted by atomic mass is 9.92. The molecule has 0 radical (unpaired) electrons. The highest BCUT2D eigenvalue weighted by atomic mass is 16.5. The Bertz CT molecular complexity index is 275. The molecule has 17 heavy (non-hydrogen) atoms. The number of methoxy groups -OCH3 is 1. The summed E-state index contributed by atoms with van der Waals surface area (Å²) in [7, 11) is 1.85. The van der Waals surface area contributed by atoms with Gasteiger partial charge in [0.15, 0.2) is 0 Å². The van der Waals surface area contributed by atoms with E-state index in [1.54, 1.807) is 0 Å².